The summed E-state index contributed by atoms with van der Waals surface area (Å²) in [7, 11) is -2.16. The number of rotatable bonds is 10. The third-order valence-corrected chi connectivity index (χ3v) is 6.34. The number of hydrogen-bond acceptors (Lipinski definition) is 6. The van der Waals surface area contributed by atoms with Crippen molar-refractivity contribution >= 4 is 21.6 Å². The molecule has 0 aromatic heterocycles. The van der Waals surface area contributed by atoms with Crippen molar-refractivity contribution in [1.82, 2.24) is 4.72 Å². The molecule has 1 amide bonds. The van der Waals surface area contributed by atoms with Crippen LogP contribution in [0, 0.1) is 0 Å². The fourth-order valence-corrected chi connectivity index (χ4v) is 4.17. The Balaban J connectivity index is 1.62. The summed E-state index contributed by atoms with van der Waals surface area (Å²) in [6, 6.07) is 12.9. The zero-order valence-electron chi connectivity index (χ0n) is 17.5. The normalized spacial score (nSPS) is 16.6. The number of hydrogen-bond donors (Lipinski definition) is 2. The van der Waals surface area contributed by atoms with Gasteiger partial charge in [0.15, 0.2) is 0 Å². The van der Waals surface area contributed by atoms with Gasteiger partial charge in [-0.05, 0) is 55.7 Å². The number of nitrogens with one attached hydrogen (secondary N) is 2. The SMILES string of the molecule is COCCNS(=O)(=O)c1ccc(C(=O)Nc2ccccc2OCC2CCCCO2)cc1. The molecule has 1 fully saturated rings. The van der Waals surface area contributed by atoms with E-state index >= 15 is 0 Å². The molecule has 0 aliphatic carbocycles. The van der Waals surface area contributed by atoms with Crippen molar-refractivity contribution in [2.24, 2.45) is 0 Å². The number of ether oxygens (including phenoxy) is 3. The zero-order chi connectivity index (χ0) is 22.1. The second kappa shape index (κ2) is 11.2. The van der Waals surface area contributed by atoms with E-state index in [9.17, 15) is 13.2 Å². The molecule has 0 bridgehead atoms. The van der Waals surface area contributed by atoms with Crippen molar-refractivity contribution in [3.63, 3.8) is 0 Å². The van der Waals surface area contributed by atoms with Gasteiger partial charge in [0.2, 0.25) is 10.0 Å². The summed E-state index contributed by atoms with van der Waals surface area (Å²) in [4.78, 5) is 12.8. The lowest BCUT2D eigenvalue weighted by Gasteiger charge is -2.23. The van der Waals surface area contributed by atoms with E-state index in [1.165, 1.54) is 31.4 Å². The lowest BCUT2D eigenvalue weighted by Crippen LogP contribution is -2.27. The molecule has 1 heterocycles. The molecule has 2 N–H and O–H groups in total. The third-order valence-electron chi connectivity index (χ3n) is 4.86. The Bertz CT molecular complexity index is 956. The van der Waals surface area contributed by atoms with Gasteiger partial charge >= 0.3 is 0 Å². The Labute approximate surface area is 182 Å². The van der Waals surface area contributed by atoms with E-state index < -0.39 is 10.0 Å². The number of anilines is 1. The van der Waals surface area contributed by atoms with Gasteiger partial charge in [-0.1, -0.05) is 12.1 Å². The molecule has 168 valence electrons. The van der Waals surface area contributed by atoms with Gasteiger partial charge in [-0.3, -0.25) is 4.79 Å². The molecule has 1 atom stereocenters. The largest absolute Gasteiger partial charge is 0.489 e. The van der Waals surface area contributed by atoms with E-state index in [0.717, 1.165) is 25.9 Å². The minimum atomic E-state index is -3.65. The van der Waals surface area contributed by atoms with E-state index in [1.54, 1.807) is 18.2 Å². The summed E-state index contributed by atoms with van der Waals surface area (Å²) in [5.74, 6) is 0.202. The average molecular weight is 449 g/mol. The van der Waals surface area contributed by atoms with Crippen LogP contribution in [0.3, 0.4) is 0 Å². The van der Waals surface area contributed by atoms with Crippen molar-refractivity contribution in [1.29, 1.82) is 0 Å². The van der Waals surface area contributed by atoms with Crippen LogP contribution in [-0.4, -0.2) is 53.9 Å². The molecule has 1 aliphatic rings. The van der Waals surface area contributed by atoms with Gasteiger partial charge in [0.25, 0.3) is 5.91 Å². The van der Waals surface area contributed by atoms with Gasteiger partial charge in [-0.2, -0.15) is 0 Å². The van der Waals surface area contributed by atoms with Crippen molar-refractivity contribution in [3.05, 3.63) is 54.1 Å². The Morgan fingerprint density at radius 1 is 1.13 bits per heavy atom. The lowest BCUT2D eigenvalue weighted by atomic mass is 10.1. The molecule has 1 unspecified atom stereocenters. The summed E-state index contributed by atoms with van der Waals surface area (Å²) < 4.78 is 43.3. The van der Waals surface area contributed by atoms with Crippen LogP contribution >= 0.6 is 0 Å². The predicted molar refractivity (Wildman–Crippen MR) is 117 cm³/mol. The number of methoxy groups -OCH3 is 1. The fraction of sp³-hybridized carbons (Fsp3) is 0.409. The highest BCUT2D eigenvalue weighted by atomic mass is 32.2. The Morgan fingerprint density at radius 2 is 1.90 bits per heavy atom. The van der Waals surface area contributed by atoms with Crippen molar-refractivity contribution < 1.29 is 27.4 Å². The maximum absolute atomic E-state index is 12.7. The zero-order valence-corrected chi connectivity index (χ0v) is 18.3. The second-order valence-electron chi connectivity index (χ2n) is 7.16. The number of para-hydroxylation sites is 2. The molecule has 8 nitrogen and oxygen atoms in total. The molecule has 3 rings (SSSR count). The first-order valence-corrected chi connectivity index (χ1v) is 11.7. The van der Waals surface area contributed by atoms with Crippen LogP contribution in [0.1, 0.15) is 29.6 Å². The number of carbonyl (C=O) groups excluding carboxylic acids is 1. The van der Waals surface area contributed by atoms with Crippen molar-refractivity contribution in [2.45, 2.75) is 30.3 Å². The van der Waals surface area contributed by atoms with Crippen LogP contribution in [0.5, 0.6) is 5.75 Å². The van der Waals surface area contributed by atoms with Crippen LogP contribution in [0.15, 0.2) is 53.4 Å². The van der Waals surface area contributed by atoms with Gasteiger partial charge < -0.3 is 19.5 Å². The van der Waals surface area contributed by atoms with Crippen LogP contribution in [0.25, 0.3) is 0 Å². The van der Waals surface area contributed by atoms with Gasteiger partial charge in [-0.15, -0.1) is 0 Å². The molecule has 2 aromatic rings. The smallest absolute Gasteiger partial charge is 0.255 e. The molecular weight excluding hydrogens is 420 g/mol. The molecule has 9 heteroatoms. The number of sulfonamides is 1. The summed E-state index contributed by atoms with van der Waals surface area (Å²) in [6.07, 6.45) is 3.22. The minimum Gasteiger partial charge on any atom is -0.489 e. The molecule has 0 spiro atoms. The van der Waals surface area contributed by atoms with Crippen LogP contribution in [0.2, 0.25) is 0 Å². The highest BCUT2D eigenvalue weighted by molar-refractivity contribution is 7.89. The van der Waals surface area contributed by atoms with Crippen LogP contribution in [-0.2, 0) is 19.5 Å². The van der Waals surface area contributed by atoms with Gasteiger partial charge in [0.1, 0.15) is 12.4 Å². The highest BCUT2D eigenvalue weighted by Crippen LogP contribution is 2.26. The molecule has 0 radical (unpaired) electrons. The molecule has 1 aliphatic heterocycles. The Kier molecular flexibility index (Phi) is 8.42. The summed E-state index contributed by atoms with van der Waals surface area (Å²) >= 11 is 0. The molecular formula is C22H28N2O6S. The van der Waals surface area contributed by atoms with Gasteiger partial charge in [-0.25, -0.2) is 13.1 Å². The van der Waals surface area contributed by atoms with Crippen LogP contribution < -0.4 is 14.8 Å². The summed E-state index contributed by atoms with van der Waals surface area (Å²) in [6.45, 7) is 1.62. The molecule has 2 aromatic carbocycles. The predicted octanol–water partition coefficient (Wildman–Crippen LogP) is 2.81. The van der Waals surface area contributed by atoms with E-state index in [-0.39, 0.29) is 30.1 Å². The Hall–Kier alpha value is -2.46. The molecule has 0 saturated carbocycles. The fourth-order valence-electron chi connectivity index (χ4n) is 3.16. The summed E-state index contributed by atoms with van der Waals surface area (Å²) in [5, 5.41) is 2.83. The minimum absolute atomic E-state index is 0.0597. The second-order valence-corrected chi connectivity index (χ2v) is 8.93. The molecule has 1 saturated heterocycles. The van der Waals surface area contributed by atoms with E-state index in [1.807, 2.05) is 6.07 Å². The quantitative estimate of drug-likeness (QED) is 0.542. The van der Waals surface area contributed by atoms with Gasteiger partial charge in [0.05, 0.1) is 23.3 Å². The van der Waals surface area contributed by atoms with E-state index in [0.29, 0.717) is 23.6 Å². The van der Waals surface area contributed by atoms with Crippen molar-refractivity contribution in [2.75, 3.05) is 38.8 Å². The standard InChI is InChI=1S/C22H28N2O6S/c1-28-15-13-23-31(26,27)19-11-9-17(10-12-19)22(25)24-20-7-2-3-8-21(20)30-16-18-6-4-5-14-29-18/h2-3,7-12,18,23H,4-6,13-16H2,1H3,(H,24,25). The summed E-state index contributed by atoms with van der Waals surface area (Å²) in [5.41, 5.74) is 0.877. The topological polar surface area (TPSA) is 103 Å². The maximum Gasteiger partial charge on any atom is 0.255 e. The van der Waals surface area contributed by atoms with E-state index in [4.69, 9.17) is 14.2 Å². The third kappa shape index (κ3) is 6.76. The van der Waals surface area contributed by atoms with E-state index in [2.05, 4.69) is 10.0 Å². The number of carbonyl (C=O) groups is 1. The highest BCUT2D eigenvalue weighted by Gasteiger charge is 2.17. The average Bonchev–Trinajstić information content (AvgIpc) is 2.79. The van der Waals surface area contributed by atoms with Gasteiger partial charge in [0, 0.05) is 25.8 Å². The lowest BCUT2D eigenvalue weighted by molar-refractivity contribution is -0.0109. The molecule has 31 heavy (non-hydrogen) atoms. The number of amides is 1. The maximum atomic E-state index is 12.7. The van der Waals surface area contributed by atoms with Crippen LogP contribution in [0.4, 0.5) is 5.69 Å². The first kappa shape index (κ1) is 23.2. The Morgan fingerprint density at radius 3 is 2.61 bits per heavy atom. The number of benzene rings is 2. The first-order valence-electron chi connectivity index (χ1n) is 10.2. The monoisotopic (exact) mass is 448 g/mol. The first-order chi connectivity index (χ1) is 15.0. The van der Waals surface area contributed by atoms with Crippen molar-refractivity contribution in [3.8, 4) is 5.75 Å².